The quantitative estimate of drug-likeness (QED) is 0.868. The van der Waals surface area contributed by atoms with E-state index < -0.39 is 0 Å². The molecule has 0 spiro atoms. The molecule has 0 atom stereocenters. The second kappa shape index (κ2) is 5.75. The molecule has 0 aliphatic carbocycles. The lowest BCUT2D eigenvalue weighted by atomic mass is 10.2. The van der Waals surface area contributed by atoms with Gasteiger partial charge in [-0.1, -0.05) is 31.3 Å². The Morgan fingerprint density at radius 1 is 1.05 bits per heavy atom. The van der Waals surface area contributed by atoms with Gasteiger partial charge in [0.2, 0.25) is 5.13 Å². The fraction of sp³-hybridized carbons (Fsp3) is 0.500. The Bertz CT molecular complexity index is 546. The Balaban J connectivity index is 1.63. The van der Waals surface area contributed by atoms with Crippen molar-refractivity contribution in [2.45, 2.75) is 19.8 Å². The van der Waals surface area contributed by atoms with Gasteiger partial charge in [-0.2, -0.15) is 0 Å². The summed E-state index contributed by atoms with van der Waals surface area (Å²) in [6, 6.07) is 6.06. The largest absolute Gasteiger partial charge is 0.353 e. The zero-order valence-electron chi connectivity index (χ0n) is 11.9. The van der Waals surface area contributed by atoms with Crippen LogP contribution in [-0.2, 0) is 0 Å². The summed E-state index contributed by atoms with van der Waals surface area (Å²) in [4.78, 5) is 9.05. The summed E-state index contributed by atoms with van der Waals surface area (Å²) in [6.07, 6.45) is 1.85. The molecule has 0 bridgehead atoms. The predicted molar refractivity (Wildman–Crippen MR) is 82.7 cm³/mol. The standard InChI is InChI=1S/C14H19N5S/c1-11(2)13-16-17-14(20-13)19-9-7-18(8-10-19)12-5-3-4-6-15-12/h3-6,11H,7-10H2,1-2H3. The lowest BCUT2D eigenvalue weighted by Crippen LogP contribution is -2.46. The molecule has 2 aromatic rings. The summed E-state index contributed by atoms with van der Waals surface area (Å²) < 4.78 is 0. The lowest BCUT2D eigenvalue weighted by molar-refractivity contribution is 0.643. The molecule has 1 aliphatic rings. The minimum absolute atomic E-state index is 0.455. The number of piperazine rings is 1. The van der Waals surface area contributed by atoms with E-state index in [2.05, 4.69) is 44.9 Å². The van der Waals surface area contributed by atoms with Crippen molar-refractivity contribution < 1.29 is 0 Å². The molecule has 1 fully saturated rings. The number of anilines is 2. The third kappa shape index (κ3) is 2.75. The van der Waals surface area contributed by atoms with Crippen LogP contribution in [0.3, 0.4) is 0 Å². The minimum atomic E-state index is 0.455. The molecule has 1 aliphatic heterocycles. The van der Waals surface area contributed by atoms with Gasteiger partial charge >= 0.3 is 0 Å². The van der Waals surface area contributed by atoms with Crippen LogP contribution in [0.25, 0.3) is 0 Å². The molecule has 20 heavy (non-hydrogen) atoms. The van der Waals surface area contributed by atoms with Crippen LogP contribution in [0.1, 0.15) is 24.8 Å². The Labute approximate surface area is 123 Å². The fourth-order valence-corrected chi connectivity index (χ4v) is 3.15. The number of aromatic nitrogens is 3. The van der Waals surface area contributed by atoms with Gasteiger partial charge in [0.25, 0.3) is 0 Å². The van der Waals surface area contributed by atoms with Gasteiger partial charge < -0.3 is 9.80 Å². The molecular weight excluding hydrogens is 270 g/mol. The molecule has 2 aromatic heterocycles. The molecular formula is C14H19N5S. The van der Waals surface area contributed by atoms with Crippen LogP contribution >= 0.6 is 11.3 Å². The first-order valence-corrected chi connectivity index (χ1v) is 7.80. The van der Waals surface area contributed by atoms with E-state index in [0.717, 1.165) is 42.1 Å². The van der Waals surface area contributed by atoms with Crippen LogP contribution in [0, 0.1) is 0 Å². The summed E-state index contributed by atoms with van der Waals surface area (Å²) in [7, 11) is 0. The Kier molecular flexibility index (Phi) is 3.82. The summed E-state index contributed by atoms with van der Waals surface area (Å²) in [5, 5.41) is 10.8. The van der Waals surface area contributed by atoms with Crippen LogP contribution in [0.2, 0.25) is 0 Å². The third-order valence-electron chi connectivity index (χ3n) is 3.45. The van der Waals surface area contributed by atoms with Gasteiger partial charge in [0, 0.05) is 38.3 Å². The van der Waals surface area contributed by atoms with E-state index in [9.17, 15) is 0 Å². The molecule has 0 unspecified atom stereocenters. The van der Waals surface area contributed by atoms with E-state index >= 15 is 0 Å². The highest BCUT2D eigenvalue weighted by Crippen LogP contribution is 2.26. The Morgan fingerprint density at radius 3 is 2.40 bits per heavy atom. The van der Waals surface area contributed by atoms with Crippen LogP contribution in [0.15, 0.2) is 24.4 Å². The van der Waals surface area contributed by atoms with Gasteiger partial charge in [-0.25, -0.2) is 4.98 Å². The van der Waals surface area contributed by atoms with Crippen LogP contribution in [-0.4, -0.2) is 41.4 Å². The second-order valence-electron chi connectivity index (χ2n) is 5.24. The van der Waals surface area contributed by atoms with E-state index in [1.54, 1.807) is 11.3 Å². The maximum Gasteiger partial charge on any atom is 0.208 e. The van der Waals surface area contributed by atoms with Crippen LogP contribution in [0.5, 0.6) is 0 Å². The molecule has 6 heteroatoms. The van der Waals surface area contributed by atoms with Crippen LogP contribution in [0.4, 0.5) is 10.9 Å². The summed E-state index contributed by atoms with van der Waals surface area (Å²) in [5.74, 6) is 1.52. The summed E-state index contributed by atoms with van der Waals surface area (Å²) >= 11 is 1.71. The third-order valence-corrected chi connectivity index (χ3v) is 4.73. The fourth-order valence-electron chi connectivity index (χ4n) is 2.26. The topological polar surface area (TPSA) is 45.2 Å². The molecule has 0 amide bonds. The van der Waals surface area contributed by atoms with Gasteiger partial charge in [-0.3, -0.25) is 0 Å². The van der Waals surface area contributed by atoms with Crippen molar-refractivity contribution in [1.29, 1.82) is 0 Å². The Morgan fingerprint density at radius 2 is 1.80 bits per heavy atom. The normalized spacial score (nSPS) is 15.9. The molecule has 1 saturated heterocycles. The van der Waals surface area contributed by atoms with E-state index in [1.807, 2.05) is 18.3 Å². The molecule has 5 nitrogen and oxygen atoms in total. The average Bonchev–Trinajstić information content (AvgIpc) is 2.98. The van der Waals surface area contributed by atoms with Gasteiger partial charge in [0.05, 0.1) is 0 Å². The molecule has 0 N–H and O–H groups in total. The molecule has 0 radical (unpaired) electrons. The summed E-state index contributed by atoms with van der Waals surface area (Å²) in [5.41, 5.74) is 0. The lowest BCUT2D eigenvalue weighted by Gasteiger charge is -2.34. The highest BCUT2D eigenvalue weighted by Gasteiger charge is 2.21. The molecule has 0 aromatic carbocycles. The van der Waals surface area contributed by atoms with E-state index in [0.29, 0.717) is 5.92 Å². The molecule has 3 rings (SSSR count). The summed E-state index contributed by atoms with van der Waals surface area (Å²) in [6.45, 7) is 8.22. The maximum absolute atomic E-state index is 4.41. The van der Waals surface area contributed by atoms with Gasteiger partial charge in [0.15, 0.2) is 0 Å². The van der Waals surface area contributed by atoms with Crippen molar-refractivity contribution in [2.75, 3.05) is 36.0 Å². The number of hydrogen-bond acceptors (Lipinski definition) is 6. The van der Waals surface area contributed by atoms with Crippen molar-refractivity contribution in [3.05, 3.63) is 29.4 Å². The number of hydrogen-bond donors (Lipinski definition) is 0. The van der Waals surface area contributed by atoms with E-state index in [4.69, 9.17) is 0 Å². The average molecular weight is 289 g/mol. The highest BCUT2D eigenvalue weighted by atomic mass is 32.1. The smallest absolute Gasteiger partial charge is 0.208 e. The predicted octanol–water partition coefficient (Wildman–Crippen LogP) is 2.38. The minimum Gasteiger partial charge on any atom is -0.353 e. The highest BCUT2D eigenvalue weighted by molar-refractivity contribution is 7.15. The monoisotopic (exact) mass is 289 g/mol. The SMILES string of the molecule is CC(C)c1nnc(N2CCN(c3ccccn3)CC2)s1. The molecule has 3 heterocycles. The zero-order valence-corrected chi connectivity index (χ0v) is 12.7. The van der Waals surface area contributed by atoms with Crippen LogP contribution < -0.4 is 9.80 Å². The van der Waals surface area contributed by atoms with E-state index in [-0.39, 0.29) is 0 Å². The first kappa shape index (κ1) is 13.3. The second-order valence-corrected chi connectivity index (χ2v) is 6.23. The molecule has 106 valence electrons. The maximum atomic E-state index is 4.41. The zero-order chi connectivity index (χ0) is 13.9. The van der Waals surface area contributed by atoms with Crippen molar-refractivity contribution in [1.82, 2.24) is 15.2 Å². The van der Waals surface area contributed by atoms with Crippen molar-refractivity contribution >= 4 is 22.3 Å². The van der Waals surface area contributed by atoms with Gasteiger partial charge in [-0.05, 0) is 12.1 Å². The van der Waals surface area contributed by atoms with Gasteiger partial charge in [-0.15, -0.1) is 10.2 Å². The number of pyridine rings is 1. The number of rotatable bonds is 3. The van der Waals surface area contributed by atoms with Crippen molar-refractivity contribution in [3.8, 4) is 0 Å². The Hall–Kier alpha value is -1.69. The van der Waals surface area contributed by atoms with Gasteiger partial charge in [0.1, 0.15) is 10.8 Å². The molecule has 0 saturated carbocycles. The first-order valence-electron chi connectivity index (χ1n) is 6.98. The first-order chi connectivity index (χ1) is 9.74. The van der Waals surface area contributed by atoms with Crippen molar-refractivity contribution in [3.63, 3.8) is 0 Å². The van der Waals surface area contributed by atoms with Crippen molar-refractivity contribution in [2.24, 2.45) is 0 Å². The van der Waals surface area contributed by atoms with E-state index in [1.165, 1.54) is 0 Å². The number of nitrogens with zero attached hydrogens (tertiary/aromatic N) is 5.